The predicted octanol–water partition coefficient (Wildman–Crippen LogP) is 6.01. The van der Waals surface area contributed by atoms with Gasteiger partial charge in [-0.15, -0.1) is 0 Å². The standard InChI is InChI=1S/C30H36ClN3O2/c1-36-29-15-7-6-14-28(29)34-20-18-33(19-21-34)17-8-2-3-16-30(35)32-23-25-10-4-5-13-27(25)24-11-9-12-26(31)22-24/h4-7,9-15,22H,2-3,8,16-21,23H2,1H3,(H,32,35). The molecule has 190 valence electrons. The van der Waals surface area contributed by atoms with Gasteiger partial charge in [-0.1, -0.05) is 66.6 Å². The molecule has 1 amide bonds. The molecule has 5 nitrogen and oxygen atoms in total. The summed E-state index contributed by atoms with van der Waals surface area (Å²) in [6.45, 7) is 5.76. The number of rotatable bonds is 11. The Labute approximate surface area is 220 Å². The lowest BCUT2D eigenvalue weighted by atomic mass is 9.99. The summed E-state index contributed by atoms with van der Waals surface area (Å²) in [7, 11) is 1.73. The Morgan fingerprint density at radius 1 is 0.917 bits per heavy atom. The summed E-state index contributed by atoms with van der Waals surface area (Å²) in [5.74, 6) is 1.05. The van der Waals surface area contributed by atoms with Crippen LogP contribution in [0.3, 0.4) is 0 Å². The molecule has 0 unspecified atom stereocenters. The fourth-order valence-corrected chi connectivity index (χ4v) is 4.99. The van der Waals surface area contributed by atoms with E-state index in [2.05, 4.69) is 39.4 Å². The van der Waals surface area contributed by atoms with E-state index in [9.17, 15) is 4.79 Å². The van der Waals surface area contributed by atoms with E-state index in [1.807, 2.05) is 48.5 Å². The molecule has 1 aliphatic heterocycles. The van der Waals surface area contributed by atoms with Crippen LogP contribution in [0.1, 0.15) is 31.2 Å². The second-order valence-electron chi connectivity index (χ2n) is 9.26. The minimum atomic E-state index is 0.112. The van der Waals surface area contributed by atoms with Crippen molar-refractivity contribution >= 4 is 23.2 Å². The SMILES string of the molecule is COc1ccccc1N1CCN(CCCCCC(=O)NCc2ccccc2-c2cccc(Cl)c2)CC1. The average Bonchev–Trinajstić information content (AvgIpc) is 2.92. The highest BCUT2D eigenvalue weighted by atomic mass is 35.5. The Bertz CT molecular complexity index is 1130. The van der Waals surface area contributed by atoms with Crippen LogP contribution in [-0.2, 0) is 11.3 Å². The molecule has 0 radical (unpaired) electrons. The summed E-state index contributed by atoms with van der Waals surface area (Å²) in [6.07, 6.45) is 3.68. The quantitative estimate of drug-likeness (QED) is 0.324. The predicted molar refractivity (Wildman–Crippen MR) is 149 cm³/mol. The molecule has 1 saturated heterocycles. The van der Waals surface area contributed by atoms with Gasteiger partial charge in [-0.05, 0) is 60.3 Å². The molecular formula is C30H36ClN3O2. The van der Waals surface area contributed by atoms with Crippen LogP contribution in [0, 0.1) is 0 Å². The van der Waals surface area contributed by atoms with Crippen molar-refractivity contribution in [3.63, 3.8) is 0 Å². The largest absolute Gasteiger partial charge is 0.495 e. The van der Waals surface area contributed by atoms with Crippen molar-refractivity contribution in [3.8, 4) is 16.9 Å². The summed E-state index contributed by atoms with van der Waals surface area (Å²) >= 11 is 6.17. The number of unbranched alkanes of at least 4 members (excludes halogenated alkanes) is 2. The van der Waals surface area contributed by atoms with Crippen LogP contribution in [0.5, 0.6) is 5.75 Å². The number of piperazine rings is 1. The first-order valence-corrected chi connectivity index (χ1v) is 13.2. The fraction of sp³-hybridized carbons (Fsp3) is 0.367. The van der Waals surface area contributed by atoms with E-state index >= 15 is 0 Å². The van der Waals surface area contributed by atoms with E-state index in [0.717, 1.165) is 74.4 Å². The van der Waals surface area contributed by atoms with Gasteiger partial charge in [0.15, 0.2) is 0 Å². The molecule has 3 aromatic carbocycles. The molecule has 0 aliphatic carbocycles. The van der Waals surface area contributed by atoms with E-state index in [4.69, 9.17) is 16.3 Å². The number of hydrogen-bond acceptors (Lipinski definition) is 4. The van der Waals surface area contributed by atoms with Gasteiger partial charge >= 0.3 is 0 Å². The average molecular weight is 506 g/mol. The van der Waals surface area contributed by atoms with E-state index in [1.165, 1.54) is 5.69 Å². The molecule has 1 aliphatic rings. The number of hydrogen-bond donors (Lipinski definition) is 1. The highest BCUT2D eigenvalue weighted by molar-refractivity contribution is 6.30. The van der Waals surface area contributed by atoms with Gasteiger partial charge in [0.2, 0.25) is 5.91 Å². The van der Waals surface area contributed by atoms with Crippen LogP contribution >= 0.6 is 11.6 Å². The smallest absolute Gasteiger partial charge is 0.220 e. The van der Waals surface area contributed by atoms with Gasteiger partial charge in [-0.2, -0.15) is 0 Å². The Balaban J connectivity index is 1.13. The summed E-state index contributed by atoms with van der Waals surface area (Å²) in [5.41, 5.74) is 4.45. The minimum absolute atomic E-state index is 0.112. The Morgan fingerprint density at radius 2 is 1.69 bits per heavy atom. The second kappa shape index (κ2) is 13.3. The van der Waals surface area contributed by atoms with Crippen LogP contribution in [-0.4, -0.2) is 50.6 Å². The molecule has 1 heterocycles. The zero-order valence-electron chi connectivity index (χ0n) is 21.1. The molecular weight excluding hydrogens is 470 g/mol. The van der Waals surface area contributed by atoms with E-state index in [1.54, 1.807) is 7.11 Å². The second-order valence-corrected chi connectivity index (χ2v) is 9.69. The molecule has 36 heavy (non-hydrogen) atoms. The number of ether oxygens (including phenoxy) is 1. The number of nitrogens with zero attached hydrogens (tertiary/aromatic N) is 2. The number of anilines is 1. The first-order valence-electron chi connectivity index (χ1n) is 12.8. The molecule has 0 aromatic heterocycles. The van der Waals surface area contributed by atoms with E-state index in [0.29, 0.717) is 18.0 Å². The molecule has 1 fully saturated rings. The van der Waals surface area contributed by atoms with Gasteiger partial charge in [-0.3, -0.25) is 9.69 Å². The van der Waals surface area contributed by atoms with Crippen molar-refractivity contribution in [2.24, 2.45) is 0 Å². The van der Waals surface area contributed by atoms with Gasteiger partial charge in [0.1, 0.15) is 5.75 Å². The third kappa shape index (κ3) is 7.25. The highest BCUT2D eigenvalue weighted by Crippen LogP contribution is 2.28. The molecule has 6 heteroatoms. The lowest BCUT2D eigenvalue weighted by Crippen LogP contribution is -2.46. The van der Waals surface area contributed by atoms with E-state index < -0.39 is 0 Å². The third-order valence-electron chi connectivity index (χ3n) is 6.81. The number of para-hydroxylation sites is 2. The van der Waals surface area contributed by atoms with Crippen LogP contribution in [0.2, 0.25) is 5.02 Å². The molecule has 0 atom stereocenters. The molecule has 0 saturated carbocycles. The van der Waals surface area contributed by atoms with E-state index in [-0.39, 0.29) is 5.91 Å². The summed E-state index contributed by atoms with van der Waals surface area (Å²) in [6, 6.07) is 24.2. The molecule has 0 bridgehead atoms. The topological polar surface area (TPSA) is 44.8 Å². The van der Waals surface area contributed by atoms with Crippen LogP contribution in [0.4, 0.5) is 5.69 Å². The van der Waals surface area contributed by atoms with Gasteiger partial charge in [-0.25, -0.2) is 0 Å². The zero-order valence-corrected chi connectivity index (χ0v) is 21.8. The minimum Gasteiger partial charge on any atom is -0.495 e. The number of carbonyl (C=O) groups is 1. The number of carbonyl (C=O) groups excluding carboxylic acids is 1. The summed E-state index contributed by atoms with van der Waals surface area (Å²) < 4.78 is 5.52. The highest BCUT2D eigenvalue weighted by Gasteiger charge is 2.19. The lowest BCUT2D eigenvalue weighted by molar-refractivity contribution is -0.121. The number of benzene rings is 3. The van der Waals surface area contributed by atoms with Gasteiger partial charge in [0.05, 0.1) is 12.8 Å². The Kier molecular flexibility index (Phi) is 9.65. The maximum atomic E-state index is 12.4. The monoisotopic (exact) mass is 505 g/mol. The van der Waals surface area contributed by atoms with Gasteiger partial charge in [0, 0.05) is 44.2 Å². The maximum absolute atomic E-state index is 12.4. The van der Waals surface area contributed by atoms with Crippen LogP contribution in [0.15, 0.2) is 72.8 Å². The van der Waals surface area contributed by atoms with Gasteiger partial charge < -0.3 is 15.0 Å². The first kappa shape index (κ1) is 26.1. The normalized spacial score (nSPS) is 14.0. The molecule has 1 N–H and O–H groups in total. The van der Waals surface area contributed by atoms with Crippen molar-refractivity contribution in [2.75, 3.05) is 44.7 Å². The summed E-state index contributed by atoms with van der Waals surface area (Å²) in [4.78, 5) is 17.4. The summed E-state index contributed by atoms with van der Waals surface area (Å²) in [5, 5.41) is 3.81. The third-order valence-corrected chi connectivity index (χ3v) is 7.04. The number of nitrogens with one attached hydrogen (secondary N) is 1. The van der Waals surface area contributed by atoms with Crippen molar-refractivity contribution in [1.29, 1.82) is 0 Å². The Hall–Kier alpha value is -3.02. The van der Waals surface area contributed by atoms with Crippen LogP contribution in [0.25, 0.3) is 11.1 Å². The van der Waals surface area contributed by atoms with Crippen molar-refractivity contribution < 1.29 is 9.53 Å². The first-order chi connectivity index (χ1) is 17.6. The fourth-order valence-electron chi connectivity index (χ4n) is 4.80. The lowest BCUT2D eigenvalue weighted by Gasteiger charge is -2.36. The Morgan fingerprint density at radius 3 is 2.50 bits per heavy atom. The number of amides is 1. The number of halogens is 1. The molecule has 3 aromatic rings. The zero-order chi connectivity index (χ0) is 25.2. The van der Waals surface area contributed by atoms with Gasteiger partial charge in [0.25, 0.3) is 0 Å². The maximum Gasteiger partial charge on any atom is 0.220 e. The van der Waals surface area contributed by atoms with Crippen molar-refractivity contribution in [1.82, 2.24) is 10.2 Å². The van der Waals surface area contributed by atoms with Crippen molar-refractivity contribution in [2.45, 2.75) is 32.2 Å². The number of methoxy groups -OCH3 is 1. The molecule has 4 rings (SSSR count). The van der Waals surface area contributed by atoms with Crippen LogP contribution < -0.4 is 15.0 Å². The molecule has 0 spiro atoms. The van der Waals surface area contributed by atoms with Crippen molar-refractivity contribution in [3.05, 3.63) is 83.4 Å².